The average Bonchev–Trinajstić information content (AvgIpc) is 2.60. The van der Waals surface area contributed by atoms with Crippen molar-refractivity contribution < 1.29 is 4.74 Å². The van der Waals surface area contributed by atoms with E-state index in [4.69, 9.17) is 4.74 Å². The van der Waals surface area contributed by atoms with E-state index in [1.807, 2.05) is 7.05 Å². The van der Waals surface area contributed by atoms with Crippen LogP contribution in [0.1, 0.15) is 31.9 Å². The first-order chi connectivity index (χ1) is 11.5. The van der Waals surface area contributed by atoms with Crippen molar-refractivity contribution in [3.8, 4) is 5.75 Å². The third-order valence-corrected chi connectivity index (χ3v) is 4.40. The minimum atomic E-state index is 0. The number of hydrogen-bond donors (Lipinski definition) is 2. The zero-order valence-electron chi connectivity index (χ0n) is 16.6. The topological polar surface area (TPSA) is 48.9 Å². The Labute approximate surface area is 170 Å². The predicted molar refractivity (Wildman–Crippen MR) is 119 cm³/mol. The Morgan fingerprint density at radius 3 is 2.48 bits per heavy atom. The van der Waals surface area contributed by atoms with Gasteiger partial charge < -0.3 is 15.4 Å². The highest BCUT2D eigenvalue weighted by Gasteiger charge is 2.10. The Kier molecular flexibility index (Phi) is 12.7. The number of guanidine groups is 1. The van der Waals surface area contributed by atoms with Crippen molar-refractivity contribution in [2.75, 3.05) is 40.3 Å². The number of halogens is 1. The van der Waals surface area contributed by atoms with Crippen LogP contribution in [-0.4, -0.2) is 57.2 Å². The summed E-state index contributed by atoms with van der Waals surface area (Å²) in [5.74, 6) is 1.80. The molecular formula is C19H35IN4O. The molecule has 0 bridgehead atoms. The van der Waals surface area contributed by atoms with Gasteiger partial charge in [-0.25, -0.2) is 0 Å². The Hall–Kier alpha value is -1.02. The maximum Gasteiger partial charge on any atom is 0.191 e. The molecule has 0 radical (unpaired) electrons. The second-order valence-electron chi connectivity index (χ2n) is 6.00. The van der Waals surface area contributed by atoms with E-state index in [-0.39, 0.29) is 24.0 Å². The van der Waals surface area contributed by atoms with Crippen molar-refractivity contribution in [2.45, 2.75) is 40.2 Å². The summed E-state index contributed by atoms with van der Waals surface area (Å²) in [5, 5.41) is 6.79. The molecule has 25 heavy (non-hydrogen) atoms. The minimum absolute atomic E-state index is 0. The first-order valence-electron chi connectivity index (χ1n) is 8.87. The Bertz CT molecular complexity index is 518. The van der Waals surface area contributed by atoms with E-state index in [1.165, 1.54) is 5.56 Å². The summed E-state index contributed by atoms with van der Waals surface area (Å²) >= 11 is 0. The molecule has 0 spiro atoms. The molecule has 0 saturated heterocycles. The maximum absolute atomic E-state index is 5.38. The molecule has 0 aliphatic carbocycles. The number of hydrogen-bond acceptors (Lipinski definition) is 3. The molecule has 0 aliphatic heterocycles. The number of likely N-dealkylation sites (N-methyl/N-ethyl adjacent to an activating group) is 1. The van der Waals surface area contributed by atoms with E-state index in [0.717, 1.165) is 49.9 Å². The number of benzene rings is 1. The summed E-state index contributed by atoms with van der Waals surface area (Å²) < 4.78 is 5.38. The summed E-state index contributed by atoms with van der Waals surface area (Å²) in [4.78, 5) is 6.73. The van der Waals surface area contributed by atoms with Crippen LogP contribution in [0.2, 0.25) is 0 Å². The largest absolute Gasteiger partial charge is 0.496 e. The number of methoxy groups -OCH3 is 1. The maximum atomic E-state index is 5.38. The molecule has 0 amide bonds. The van der Waals surface area contributed by atoms with Gasteiger partial charge in [0.2, 0.25) is 0 Å². The highest BCUT2D eigenvalue weighted by atomic mass is 127. The highest BCUT2D eigenvalue weighted by Crippen LogP contribution is 2.18. The van der Waals surface area contributed by atoms with Gasteiger partial charge in [-0.05, 0) is 50.6 Å². The molecule has 6 heteroatoms. The fourth-order valence-corrected chi connectivity index (χ4v) is 2.79. The average molecular weight is 462 g/mol. The second-order valence-corrected chi connectivity index (χ2v) is 6.00. The lowest BCUT2D eigenvalue weighted by Crippen LogP contribution is -2.46. The van der Waals surface area contributed by atoms with Gasteiger partial charge in [-0.2, -0.15) is 0 Å². The van der Waals surface area contributed by atoms with Gasteiger partial charge >= 0.3 is 0 Å². The molecular weight excluding hydrogens is 427 g/mol. The molecule has 0 saturated carbocycles. The standard InChI is InChI=1S/C19H34N4O.HI/c1-7-23(8-2)16(4)14-22-19(20-5)21-12-11-17-10-9-15(3)18(13-17)24-6;/h9-10,13,16H,7-8,11-12,14H2,1-6H3,(H2,20,21,22);1H. The van der Waals surface area contributed by atoms with Crippen LogP contribution >= 0.6 is 24.0 Å². The van der Waals surface area contributed by atoms with Crippen LogP contribution in [0.25, 0.3) is 0 Å². The first-order valence-corrected chi connectivity index (χ1v) is 8.87. The van der Waals surface area contributed by atoms with Crippen LogP contribution in [-0.2, 0) is 6.42 Å². The smallest absolute Gasteiger partial charge is 0.191 e. The lowest BCUT2D eigenvalue weighted by Gasteiger charge is -2.27. The van der Waals surface area contributed by atoms with Crippen molar-refractivity contribution in [1.29, 1.82) is 0 Å². The van der Waals surface area contributed by atoms with Gasteiger partial charge in [0.15, 0.2) is 5.96 Å². The molecule has 0 fully saturated rings. The number of aliphatic imine (C=N–C) groups is 1. The summed E-state index contributed by atoms with van der Waals surface area (Å²) in [6.07, 6.45) is 0.933. The first kappa shape index (κ1) is 24.0. The summed E-state index contributed by atoms with van der Waals surface area (Å²) in [7, 11) is 3.53. The van der Waals surface area contributed by atoms with Crippen LogP contribution in [0.4, 0.5) is 0 Å². The molecule has 1 atom stereocenters. The summed E-state index contributed by atoms with van der Waals surface area (Å²) in [6.45, 7) is 12.6. The van der Waals surface area contributed by atoms with Crippen molar-refractivity contribution in [3.63, 3.8) is 0 Å². The SMILES string of the molecule is CCN(CC)C(C)CNC(=NC)NCCc1ccc(C)c(OC)c1.I. The third-order valence-electron chi connectivity index (χ3n) is 4.40. The van der Waals surface area contributed by atoms with E-state index >= 15 is 0 Å². The van der Waals surface area contributed by atoms with Crippen LogP contribution in [0.3, 0.4) is 0 Å². The van der Waals surface area contributed by atoms with E-state index in [9.17, 15) is 0 Å². The number of aryl methyl sites for hydroxylation is 1. The van der Waals surface area contributed by atoms with Crippen LogP contribution < -0.4 is 15.4 Å². The normalized spacial score (nSPS) is 12.5. The second kappa shape index (κ2) is 13.2. The zero-order valence-corrected chi connectivity index (χ0v) is 18.9. The monoisotopic (exact) mass is 462 g/mol. The Morgan fingerprint density at radius 1 is 1.24 bits per heavy atom. The molecule has 0 aromatic heterocycles. The van der Waals surface area contributed by atoms with Crippen LogP contribution in [0.15, 0.2) is 23.2 Å². The lowest BCUT2D eigenvalue weighted by molar-refractivity contribution is 0.231. The van der Waals surface area contributed by atoms with Crippen molar-refractivity contribution in [3.05, 3.63) is 29.3 Å². The van der Waals surface area contributed by atoms with Crippen molar-refractivity contribution in [1.82, 2.24) is 15.5 Å². The van der Waals surface area contributed by atoms with Gasteiger partial charge in [0.05, 0.1) is 7.11 Å². The number of rotatable bonds is 9. The van der Waals surface area contributed by atoms with E-state index < -0.39 is 0 Å². The third kappa shape index (κ3) is 8.27. The number of ether oxygens (including phenoxy) is 1. The zero-order chi connectivity index (χ0) is 17.9. The molecule has 144 valence electrons. The lowest BCUT2D eigenvalue weighted by atomic mass is 10.1. The molecule has 0 heterocycles. The summed E-state index contributed by atoms with van der Waals surface area (Å²) in [6, 6.07) is 6.85. The molecule has 1 rings (SSSR count). The Morgan fingerprint density at radius 2 is 1.92 bits per heavy atom. The van der Waals surface area contributed by atoms with E-state index in [0.29, 0.717) is 6.04 Å². The summed E-state index contributed by atoms with van der Waals surface area (Å²) in [5.41, 5.74) is 2.42. The molecule has 1 unspecified atom stereocenters. The van der Waals surface area contributed by atoms with Crippen molar-refractivity contribution in [2.24, 2.45) is 4.99 Å². The van der Waals surface area contributed by atoms with Gasteiger partial charge in [-0.3, -0.25) is 9.89 Å². The number of nitrogens with zero attached hydrogens (tertiary/aromatic N) is 2. The fourth-order valence-electron chi connectivity index (χ4n) is 2.79. The fraction of sp³-hybridized carbons (Fsp3) is 0.632. The van der Waals surface area contributed by atoms with Crippen LogP contribution in [0.5, 0.6) is 5.75 Å². The molecule has 0 aliphatic rings. The van der Waals surface area contributed by atoms with E-state index in [2.05, 4.69) is 66.4 Å². The van der Waals surface area contributed by atoms with Crippen LogP contribution in [0, 0.1) is 6.92 Å². The molecule has 5 nitrogen and oxygen atoms in total. The predicted octanol–water partition coefficient (Wildman–Crippen LogP) is 3.06. The van der Waals surface area contributed by atoms with Gasteiger partial charge in [0.25, 0.3) is 0 Å². The highest BCUT2D eigenvalue weighted by molar-refractivity contribution is 14.0. The minimum Gasteiger partial charge on any atom is -0.496 e. The van der Waals surface area contributed by atoms with Gasteiger partial charge in [-0.1, -0.05) is 26.0 Å². The van der Waals surface area contributed by atoms with Crippen molar-refractivity contribution >= 4 is 29.9 Å². The number of nitrogens with one attached hydrogen (secondary N) is 2. The molecule has 2 N–H and O–H groups in total. The van der Waals surface area contributed by atoms with E-state index in [1.54, 1.807) is 7.11 Å². The Balaban J connectivity index is 0.00000576. The molecule has 1 aromatic rings. The quantitative estimate of drug-likeness (QED) is 0.337. The van der Waals surface area contributed by atoms with Gasteiger partial charge in [-0.15, -0.1) is 24.0 Å². The van der Waals surface area contributed by atoms with Gasteiger partial charge in [0, 0.05) is 26.2 Å². The molecule has 1 aromatic carbocycles. The van der Waals surface area contributed by atoms with Gasteiger partial charge in [0.1, 0.15) is 5.75 Å².